The lowest BCUT2D eigenvalue weighted by Crippen LogP contribution is -2.23. The van der Waals surface area contributed by atoms with Crippen LogP contribution in [0.4, 0.5) is 0 Å². The van der Waals surface area contributed by atoms with Crippen LogP contribution in [0, 0.1) is 11.8 Å². The monoisotopic (exact) mass is 242 g/mol. The Morgan fingerprint density at radius 3 is 1.88 bits per heavy atom. The Morgan fingerprint density at radius 2 is 1.41 bits per heavy atom. The van der Waals surface area contributed by atoms with Gasteiger partial charge in [0.15, 0.2) is 0 Å². The molecule has 0 aromatic heterocycles. The van der Waals surface area contributed by atoms with Crippen molar-refractivity contribution in [1.29, 1.82) is 0 Å². The van der Waals surface area contributed by atoms with Gasteiger partial charge in [-0.05, 0) is 24.7 Å². The summed E-state index contributed by atoms with van der Waals surface area (Å²) in [4.78, 5) is 0. The summed E-state index contributed by atoms with van der Waals surface area (Å²) in [7, 11) is 0. The van der Waals surface area contributed by atoms with Crippen LogP contribution in [0.2, 0.25) is 0 Å². The van der Waals surface area contributed by atoms with E-state index in [0.717, 1.165) is 18.8 Å². The first-order valence-electron chi connectivity index (χ1n) is 7.87. The van der Waals surface area contributed by atoms with Crippen LogP contribution in [0.25, 0.3) is 0 Å². The Hall–Kier alpha value is -0.0400. The largest absolute Gasteiger partial charge is 0.393 e. The number of hydrogen-bond donors (Lipinski definition) is 1. The molecular formula is C16H34O. The molecule has 0 saturated carbocycles. The van der Waals surface area contributed by atoms with Gasteiger partial charge in [-0.1, -0.05) is 72.6 Å². The first kappa shape index (κ1) is 17.0. The normalized spacial score (nSPS) is 16.8. The third-order valence-corrected chi connectivity index (χ3v) is 4.12. The predicted molar refractivity (Wildman–Crippen MR) is 77.2 cm³/mol. The molecule has 1 nitrogen and oxygen atoms in total. The molecule has 17 heavy (non-hydrogen) atoms. The van der Waals surface area contributed by atoms with E-state index in [-0.39, 0.29) is 6.10 Å². The number of aliphatic hydroxyl groups excluding tert-OH is 1. The van der Waals surface area contributed by atoms with Gasteiger partial charge < -0.3 is 5.11 Å². The number of hydrogen-bond acceptors (Lipinski definition) is 1. The van der Waals surface area contributed by atoms with Gasteiger partial charge in [-0.3, -0.25) is 0 Å². The van der Waals surface area contributed by atoms with Gasteiger partial charge in [0, 0.05) is 0 Å². The number of rotatable bonds is 11. The second-order valence-corrected chi connectivity index (χ2v) is 5.53. The average molecular weight is 242 g/mol. The zero-order chi connectivity index (χ0) is 13.1. The first-order chi connectivity index (χ1) is 8.19. The molecule has 3 atom stereocenters. The molecule has 0 aromatic rings. The minimum atomic E-state index is -0.0617. The van der Waals surface area contributed by atoms with Gasteiger partial charge in [0.2, 0.25) is 0 Å². The summed E-state index contributed by atoms with van der Waals surface area (Å²) < 4.78 is 0. The van der Waals surface area contributed by atoms with Crippen molar-refractivity contribution in [3.63, 3.8) is 0 Å². The van der Waals surface area contributed by atoms with Crippen LogP contribution in [-0.4, -0.2) is 11.2 Å². The highest BCUT2D eigenvalue weighted by Gasteiger charge is 2.20. The molecule has 0 unspecified atom stereocenters. The Morgan fingerprint density at radius 1 is 0.824 bits per heavy atom. The molecule has 0 spiro atoms. The van der Waals surface area contributed by atoms with Crippen LogP contribution in [0.3, 0.4) is 0 Å². The van der Waals surface area contributed by atoms with E-state index in [4.69, 9.17) is 0 Å². The maximum Gasteiger partial charge on any atom is 0.0570 e. The molecule has 0 amide bonds. The summed E-state index contributed by atoms with van der Waals surface area (Å²) in [5, 5.41) is 10.3. The molecule has 0 bridgehead atoms. The van der Waals surface area contributed by atoms with Crippen LogP contribution in [0.1, 0.15) is 85.5 Å². The highest BCUT2D eigenvalue weighted by atomic mass is 16.3. The van der Waals surface area contributed by atoms with Gasteiger partial charge in [0.05, 0.1) is 6.10 Å². The number of unbranched alkanes of at least 4 members (excludes halogenated alkanes) is 2. The van der Waals surface area contributed by atoms with Gasteiger partial charge in [-0.15, -0.1) is 0 Å². The van der Waals surface area contributed by atoms with Crippen molar-refractivity contribution in [2.45, 2.75) is 91.6 Å². The first-order valence-corrected chi connectivity index (χ1v) is 7.87. The van der Waals surface area contributed by atoms with E-state index in [2.05, 4.69) is 27.7 Å². The fourth-order valence-corrected chi connectivity index (χ4v) is 2.65. The lowest BCUT2D eigenvalue weighted by Gasteiger charge is -2.25. The fraction of sp³-hybridized carbons (Fsp3) is 1.00. The standard InChI is InChI=1S/C16H34O/c1-5-9-11-14(7-3)13-16(17)15(8-4)12-10-6-2/h14-17H,5-13H2,1-4H3/t14-,15-,16+/m0/s1. The maximum atomic E-state index is 10.3. The second kappa shape index (κ2) is 11.1. The summed E-state index contributed by atoms with van der Waals surface area (Å²) in [5.41, 5.74) is 0. The molecule has 1 N–H and O–H groups in total. The van der Waals surface area contributed by atoms with Crippen molar-refractivity contribution in [3.05, 3.63) is 0 Å². The summed E-state index contributed by atoms with van der Waals surface area (Å²) in [6.45, 7) is 8.96. The lowest BCUT2D eigenvalue weighted by molar-refractivity contribution is 0.0711. The van der Waals surface area contributed by atoms with Crippen molar-refractivity contribution in [3.8, 4) is 0 Å². The minimum absolute atomic E-state index is 0.0617. The molecule has 0 aliphatic heterocycles. The van der Waals surface area contributed by atoms with Crippen molar-refractivity contribution >= 4 is 0 Å². The summed E-state index contributed by atoms with van der Waals surface area (Å²) in [5.74, 6) is 1.27. The zero-order valence-electron chi connectivity index (χ0n) is 12.5. The molecule has 0 aliphatic rings. The Bertz CT molecular complexity index is 156. The lowest BCUT2D eigenvalue weighted by atomic mass is 9.85. The van der Waals surface area contributed by atoms with Gasteiger partial charge in [-0.25, -0.2) is 0 Å². The van der Waals surface area contributed by atoms with Crippen LogP contribution in [0.15, 0.2) is 0 Å². The van der Waals surface area contributed by atoms with Gasteiger partial charge >= 0.3 is 0 Å². The third-order valence-electron chi connectivity index (χ3n) is 4.12. The fourth-order valence-electron chi connectivity index (χ4n) is 2.65. The van der Waals surface area contributed by atoms with Gasteiger partial charge in [0.1, 0.15) is 0 Å². The zero-order valence-corrected chi connectivity index (χ0v) is 12.5. The molecule has 0 aliphatic carbocycles. The Kier molecular flexibility index (Phi) is 11.0. The van der Waals surface area contributed by atoms with E-state index in [1.54, 1.807) is 0 Å². The summed E-state index contributed by atoms with van der Waals surface area (Å²) in [6, 6.07) is 0. The van der Waals surface area contributed by atoms with Crippen molar-refractivity contribution in [2.24, 2.45) is 11.8 Å². The van der Waals surface area contributed by atoms with Crippen LogP contribution < -0.4 is 0 Å². The average Bonchev–Trinajstić information content (AvgIpc) is 2.35. The maximum absolute atomic E-state index is 10.3. The molecule has 0 heterocycles. The molecule has 0 aromatic carbocycles. The van der Waals surface area contributed by atoms with E-state index >= 15 is 0 Å². The summed E-state index contributed by atoms with van der Waals surface area (Å²) in [6.07, 6.45) is 10.9. The van der Waals surface area contributed by atoms with Crippen molar-refractivity contribution in [2.75, 3.05) is 0 Å². The van der Waals surface area contributed by atoms with E-state index < -0.39 is 0 Å². The Balaban J connectivity index is 4.02. The molecule has 0 radical (unpaired) electrons. The topological polar surface area (TPSA) is 20.2 Å². The van der Waals surface area contributed by atoms with E-state index in [0.29, 0.717) is 5.92 Å². The highest BCUT2D eigenvalue weighted by Crippen LogP contribution is 2.25. The quantitative estimate of drug-likeness (QED) is 0.530. The smallest absolute Gasteiger partial charge is 0.0570 e. The summed E-state index contributed by atoms with van der Waals surface area (Å²) >= 11 is 0. The minimum Gasteiger partial charge on any atom is -0.393 e. The Labute approximate surface area is 109 Å². The number of aliphatic hydroxyl groups is 1. The second-order valence-electron chi connectivity index (χ2n) is 5.53. The molecule has 1 heteroatoms. The van der Waals surface area contributed by atoms with E-state index in [9.17, 15) is 5.11 Å². The van der Waals surface area contributed by atoms with Crippen LogP contribution in [0.5, 0.6) is 0 Å². The van der Waals surface area contributed by atoms with Crippen molar-refractivity contribution < 1.29 is 5.11 Å². The van der Waals surface area contributed by atoms with Crippen LogP contribution >= 0.6 is 0 Å². The third kappa shape index (κ3) is 7.81. The molecular weight excluding hydrogens is 208 g/mol. The molecule has 104 valence electrons. The van der Waals surface area contributed by atoms with Crippen LogP contribution in [-0.2, 0) is 0 Å². The molecule has 0 saturated heterocycles. The molecule has 0 rings (SSSR count). The highest BCUT2D eigenvalue weighted by molar-refractivity contribution is 4.72. The van der Waals surface area contributed by atoms with E-state index in [1.165, 1.54) is 44.9 Å². The molecule has 0 fully saturated rings. The SMILES string of the molecule is CCCC[C@H](CC)C[C@@H](O)[C@@H](CC)CCCC. The van der Waals surface area contributed by atoms with Gasteiger partial charge in [0.25, 0.3) is 0 Å². The van der Waals surface area contributed by atoms with E-state index in [1.807, 2.05) is 0 Å². The van der Waals surface area contributed by atoms with Gasteiger partial charge in [-0.2, -0.15) is 0 Å². The predicted octanol–water partition coefficient (Wildman–Crippen LogP) is 5.17. The van der Waals surface area contributed by atoms with Crippen molar-refractivity contribution in [1.82, 2.24) is 0 Å².